The predicted molar refractivity (Wildman–Crippen MR) is 58.7 cm³/mol. The van der Waals surface area contributed by atoms with Gasteiger partial charge in [0.05, 0.1) is 17.7 Å². The van der Waals surface area contributed by atoms with Crippen molar-refractivity contribution in [2.45, 2.75) is 37.6 Å². The SMILES string of the molecule is O[C@H]1CCC[C@@H]1Nc1ccccc1C(F)(F)F. The topological polar surface area (TPSA) is 32.3 Å². The number of hydrogen-bond acceptors (Lipinski definition) is 2. The maximum Gasteiger partial charge on any atom is 0.418 e. The number of halogens is 3. The van der Waals surface area contributed by atoms with Crippen molar-refractivity contribution in [3.05, 3.63) is 29.8 Å². The molecule has 1 aliphatic rings. The van der Waals surface area contributed by atoms with Crippen LogP contribution in [-0.4, -0.2) is 17.3 Å². The zero-order chi connectivity index (χ0) is 12.5. The van der Waals surface area contributed by atoms with E-state index in [4.69, 9.17) is 0 Å². The number of para-hydroxylation sites is 1. The van der Waals surface area contributed by atoms with Crippen LogP contribution >= 0.6 is 0 Å². The number of anilines is 1. The van der Waals surface area contributed by atoms with Crippen LogP contribution in [0.4, 0.5) is 18.9 Å². The lowest BCUT2D eigenvalue weighted by Gasteiger charge is -2.21. The second-order valence-electron chi connectivity index (χ2n) is 4.29. The summed E-state index contributed by atoms with van der Waals surface area (Å²) in [4.78, 5) is 0. The van der Waals surface area contributed by atoms with Gasteiger partial charge in [-0.15, -0.1) is 0 Å². The van der Waals surface area contributed by atoms with Crippen molar-refractivity contribution >= 4 is 5.69 Å². The third kappa shape index (κ3) is 2.72. The van der Waals surface area contributed by atoms with E-state index in [1.807, 2.05) is 0 Å². The molecule has 0 radical (unpaired) electrons. The molecule has 1 saturated carbocycles. The quantitative estimate of drug-likeness (QED) is 0.839. The smallest absolute Gasteiger partial charge is 0.391 e. The molecule has 0 aromatic heterocycles. The highest BCUT2D eigenvalue weighted by Crippen LogP contribution is 2.35. The van der Waals surface area contributed by atoms with Gasteiger partial charge in [0.25, 0.3) is 0 Å². The summed E-state index contributed by atoms with van der Waals surface area (Å²) in [6.45, 7) is 0. The average Bonchev–Trinajstić information content (AvgIpc) is 2.64. The summed E-state index contributed by atoms with van der Waals surface area (Å²) >= 11 is 0. The molecule has 1 aromatic rings. The molecule has 1 aliphatic carbocycles. The van der Waals surface area contributed by atoms with Gasteiger partial charge >= 0.3 is 6.18 Å². The van der Waals surface area contributed by atoms with E-state index in [0.29, 0.717) is 12.8 Å². The summed E-state index contributed by atoms with van der Waals surface area (Å²) in [5.74, 6) is 0. The summed E-state index contributed by atoms with van der Waals surface area (Å²) in [5, 5.41) is 12.4. The van der Waals surface area contributed by atoms with Crippen LogP contribution in [0.5, 0.6) is 0 Å². The highest BCUT2D eigenvalue weighted by Gasteiger charge is 2.34. The molecule has 1 fully saturated rings. The second kappa shape index (κ2) is 4.56. The summed E-state index contributed by atoms with van der Waals surface area (Å²) < 4.78 is 38.2. The monoisotopic (exact) mass is 245 g/mol. The maximum atomic E-state index is 12.7. The van der Waals surface area contributed by atoms with E-state index in [2.05, 4.69) is 5.32 Å². The van der Waals surface area contributed by atoms with Gasteiger partial charge in [-0.3, -0.25) is 0 Å². The van der Waals surface area contributed by atoms with Gasteiger partial charge in [-0.1, -0.05) is 12.1 Å². The summed E-state index contributed by atoms with van der Waals surface area (Å²) in [6, 6.07) is 5.08. The second-order valence-corrected chi connectivity index (χ2v) is 4.29. The Morgan fingerprint density at radius 1 is 1.18 bits per heavy atom. The molecule has 0 aliphatic heterocycles. The number of alkyl halides is 3. The third-order valence-electron chi connectivity index (χ3n) is 3.05. The van der Waals surface area contributed by atoms with Crippen molar-refractivity contribution in [3.8, 4) is 0 Å². The fourth-order valence-corrected chi connectivity index (χ4v) is 2.16. The predicted octanol–water partition coefficient (Wildman–Crippen LogP) is 3.03. The Labute approximate surface area is 97.5 Å². The van der Waals surface area contributed by atoms with Crippen LogP contribution in [0.3, 0.4) is 0 Å². The van der Waals surface area contributed by atoms with Crippen LogP contribution in [0.15, 0.2) is 24.3 Å². The molecule has 2 atom stereocenters. The van der Waals surface area contributed by atoms with E-state index in [0.717, 1.165) is 12.5 Å². The van der Waals surface area contributed by atoms with E-state index in [1.54, 1.807) is 6.07 Å². The van der Waals surface area contributed by atoms with Crippen molar-refractivity contribution in [2.24, 2.45) is 0 Å². The van der Waals surface area contributed by atoms with Gasteiger partial charge in [-0.05, 0) is 31.4 Å². The number of aliphatic hydroxyl groups excluding tert-OH is 1. The van der Waals surface area contributed by atoms with Crippen LogP contribution in [0.1, 0.15) is 24.8 Å². The van der Waals surface area contributed by atoms with Gasteiger partial charge < -0.3 is 10.4 Å². The zero-order valence-corrected chi connectivity index (χ0v) is 9.17. The lowest BCUT2D eigenvalue weighted by Crippen LogP contribution is -2.29. The summed E-state index contributed by atoms with van der Waals surface area (Å²) in [7, 11) is 0. The first-order valence-electron chi connectivity index (χ1n) is 5.59. The first kappa shape index (κ1) is 12.2. The average molecular weight is 245 g/mol. The minimum atomic E-state index is -4.37. The number of aliphatic hydroxyl groups is 1. The molecule has 94 valence electrons. The van der Waals surface area contributed by atoms with E-state index < -0.39 is 17.8 Å². The number of rotatable bonds is 2. The van der Waals surface area contributed by atoms with Crippen molar-refractivity contribution in [3.63, 3.8) is 0 Å². The molecule has 0 saturated heterocycles. The Morgan fingerprint density at radius 2 is 1.88 bits per heavy atom. The number of hydrogen-bond donors (Lipinski definition) is 2. The van der Waals surface area contributed by atoms with Gasteiger partial charge in [-0.25, -0.2) is 0 Å². The molecule has 0 heterocycles. The molecule has 0 amide bonds. The van der Waals surface area contributed by atoms with Crippen LogP contribution in [0, 0.1) is 0 Å². The fourth-order valence-electron chi connectivity index (χ4n) is 2.16. The van der Waals surface area contributed by atoms with Gasteiger partial charge in [0, 0.05) is 5.69 Å². The third-order valence-corrected chi connectivity index (χ3v) is 3.05. The normalized spacial score (nSPS) is 24.9. The Hall–Kier alpha value is -1.23. The van der Waals surface area contributed by atoms with Gasteiger partial charge in [0.15, 0.2) is 0 Å². The highest BCUT2D eigenvalue weighted by atomic mass is 19.4. The van der Waals surface area contributed by atoms with Crippen LogP contribution < -0.4 is 5.32 Å². The van der Waals surface area contributed by atoms with E-state index in [1.165, 1.54) is 12.1 Å². The standard InChI is InChI=1S/C12H14F3NO/c13-12(14,15)8-4-1-2-5-9(8)16-10-6-3-7-11(10)17/h1-2,4-5,10-11,16-17H,3,6-7H2/t10-,11-/m0/s1. The number of benzene rings is 1. The Bertz CT molecular complexity index is 392. The molecule has 0 unspecified atom stereocenters. The lowest BCUT2D eigenvalue weighted by molar-refractivity contribution is -0.137. The summed E-state index contributed by atoms with van der Waals surface area (Å²) in [6.07, 6.45) is -2.74. The molecule has 2 N–H and O–H groups in total. The first-order chi connectivity index (χ1) is 7.98. The van der Waals surface area contributed by atoms with Crippen molar-refractivity contribution in [1.29, 1.82) is 0 Å². The molecular weight excluding hydrogens is 231 g/mol. The molecule has 5 heteroatoms. The molecular formula is C12H14F3NO. The van der Waals surface area contributed by atoms with Gasteiger partial charge in [0.1, 0.15) is 0 Å². The minimum absolute atomic E-state index is 0.0472. The van der Waals surface area contributed by atoms with E-state index in [-0.39, 0.29) is 11.7 Å². The Kier molecular flexibility index (Phi) is 3.28. The van der Waals surface area contributed by atoms with Crippen LogP contribution in [-0.2, 0) is 6.18 Å². The zero-order valence-electron chi connectivity index (χ0n) is 9.17. The van der Waals surface area contributed by atoms with Gasteiger partial charge in [0.2, 0.25) is 0 Å². The Balaban J connectivity index is 2.21. The molecule has 0 bridgehead atoms. The van der Waals surface area contributed by atoms with Crippen molar-refractivity contribution in [1.82, 2.24) is 0 Å². The lowest BCUT2D eigenvalue weighted by atomic mass is 10.1. The molecule has 2 nitrogen and oxygen atoms in total. The molecule has 2 rings (SSSR count). The van der Waals surface area contributed by atoms with Crippen LogP contribution in [0.2, 0.25) is 0 Å². The van der Waals surface area contributed by atoms with Crippen LogP contribution in [0.25, 0.3) is 0 Å². The molecule has 17 heavy (non-hydrogen) atoms. The maximum absolute atomic E-state index is 12.7. The van der Waals surface area contributed by atoms with Gasteiger partial charge in [-0.2, -0.15) is 13.2 Å². The van der Waals surface area contributed by atoms with Crippen molar-refractivity contribution < 1.29 is 18.3 Å². The molecule has 0 spiro atoms. The fraction of sp³-hybridized carbons (Fsp3) is 0.500. The number of nitrogens with one attached hydrogen (secondary N) is 1. The highest BCUT2D eigenvalue weighted by molar-refractivity contribution is 5.53. The largest absolute Gasteiger partial charge is 0.418 e. The van der Waals surface area contributed by atoms with E-state index >= 15 is 0 Å². The van der Waals surface area contributed by atoms with E-state index in [9.17, 15) is 18.3 Å². The summed E-state index contributed by atoms with van der Waals surface area (Å²) in [5.41, 5.74) is -0.634. The Morgan fingerprint density at radius 3 is 2.47 bits per heavy atom. The first-order valence-corrected chi connectivity index (χ1v) is 5.59. The minimum Gasteiger partial charge on any atom is -0.391 e. The van der Waals surface area contributed by atoms with Crippen molar-refractivity contribution in [2.75, 3.05) is 5.32 Å². The molecule has 1 aromatic carbocycles.